The van der Waals surface area contributed by atoms with E-state index < -0.39 is 0 Å². The molecule has 0 amide bonds. The number of rotatable bonds is 4. The lowest BCUT2D eigenvalue weighted by Crippen LogP contribution is -2.42. The monoisotopic (exact) mass is 226 g/mol. The molecule has 94 valence electrons. The Kier molecular flexibility index (Phi) is 4.03. The van der Waals surface area contributed by atoms with E-state index in [0.29, 0.717) is 6.61 Å². The molecule has 1 aliphatic carbocycles. The molecule has 2 unspecified atom stereocenters. The molecule has 16 heavy (non-hydrogen) atoms. The first kappa shape index (κ1) is 13.5. The fourth-order valence-corrected chi connectivity index (χ4v) is 3.69. The van der Waals surface area contributed by atoms with Crippen LogP contribution in [0.3, 0.4) is 0 Å². The van der Waals surface area contributed by atoms with Crippen LogP contribution < -0.4 is 0 Å². The van der Waals surface area contributed by atoms with Crippen molar-refractivity contribution >= 4 is 5.97 Å². The van der Waals surface area contributed by atoms with Crippen molar-refractivity contribution in [1.82, 2.24) is 0 Å². The van der Waals surface area contributed by atoms with Gasteiger partial charge in [-0.2, -0.15) is 0 Å². The number of hydrogen-bond acceptors (Lipinski definition) is 2. The SMILES string of the molecule is CCOC(=O)C(C)C1(CC)CCCC1(C)C. The van der Waals surface area contributed by atoms with E-state index in [1.807, 2.05) is 6.92 Å². The molecule has 0 radical (unpaired) electrons. The Hall–Kier alpha value is -0.530. The van der Waals surface area contributed by atoms with Crippen LogP contribution in [0, 0.1) is 16.7 Å². The van der Waals surface area contributed by atoms with E-state index in [0.717, 1.165) is 12.8 Å². The van der Waals surface area contributed by atoms with Crippen molar-refractivity contribution in [2.45, 2.75) is 60.3 Å². The van der Waals surface area contributed by atoms with E-state index in [4.69, 9.17) is 4.74 Å². The quantitative estimate of drug-likeness (QED) is 0.682. The van der Waals surface area contributed by atoms with Crippen LogP contribution in [0.4, 0.5) is 0 Å². The molecule has 0 spiro atoms. The van der Waals surface area contributed by atoms with Gasteiger partial charge < -0.3 is 4.74 Å². The molecule has 0 saturated heterocycles. The van der Waals surface area contributed by atoms with Crippen molar-refractivity contribution in [3.8, 4) is 0 Å². The van der Waals surface area contributed by atoms with Gasteiger partial charge in [0.15, 0.2) is 0 Å². The summed E-state index contributed by atoms with van der Waals surface area (Å²) in [6.45, 7) is 11.2. The third-order valence-electron chi connectivity index (χ3n) is 4.87. The average Bonchev–Trinajstić information content (AvgIpc) is 2.53. The van der Waals surface area contributed by atoms with E-state index in [2.05, 4.69) is 27.7 Å². The minimum atomic E-state index is -0.0145. The number of ether oxygens (including phenoxy) is 1. The maximum absolute atomic E-state index is 12.0. The van der Waals surface area contributed by atoms with Gasteiger partial charge in [0.1, 0.15) is 0 Å². The molecule has 0 aromatic heterocycles. The molecule has 0 bridgehead atoms. The lowest BCUT2D eigenvalue weighted by molar-refractivity contribution is -0.155. The lowest BCUT2D eigenvalue weighted by Gasteiger charge is -2.44. The normalized spacial score (nSPS) is 30.1. The summed E-state index contributed by atoms with van der Waals surface area (Å²) in [5, 5.41) is 0. The average molecular weight is 226 g/mol. The summed E-state index contributed by atoms with van der Waals surface area (Å²) in [7, 11) is 0. The van der Waals surface area contributed by atoms with Gasteiger partial charge in [0.05, 0.1) is 12.5 Å². The van der Waals surface area contributed by atoms with Gasteiger partial charge in [-0.25, -0.2) is 0 Å². The Balaban J connectivity index is 2.92. The summed E-state index contributed by atoms with van der Waals surface area (Å²) in [4.78, 5) is 12.0. The fourth-order valence-electron chi connectivity index (χ4n) is 3.69. The molecule has 1 fully saturated rings. The smallest absolute Gasteiger partial charge is 0.309 e. The van der Waals surface area contributed by atoms with Crippen molar-refractivity contribution in [3.05, 3.63) is 0 Å². The highest BCUT2D eigenvalue weighted by molar-refractivity contribution is 5.73. The zero-order valence-electron chi connectivity index (χ0n) is 11.4. The Morgan fingerprint density at radius 1 is 1.31 bits per heavy atom. The zero-order valence-corrected chi connectivity index (χ0v) is 11.4. The van der Waals surface area contributed by atoms with Crippen molar-refractivity contribution in [2.75, 3.05) is 6.61 Å². The highest BCUT2D eigenvalue weighted by Crippen LogP contribution is 2.58. The standard InChI is InChI=1S/C14H26O2/c1-6-14(10-8-9-13(14,4)5)11(3)12(15)16-7-2/h11H,6-10H2,1-5H3. The largest absolute Gasteiger partial charge is 0.466 e. The minimum absolute atomic E-state index is 0.0145. The van der Waals surface area contributed by atoms with Crippen LogP contribution >= 0.6 is 0 Å². The molecule has 0 heterocycles. The van der Waals surface area contributed by atoms with Gasteiger partial charge in [-0.3, -0.25) is 4.79 Å². The predicted molar refractivity (Wildman–Crippen MR) is 66.2 cm³/mol. The molecule has 1 rings (SSSR count). The molecule has 1 aliphatic rings. The molecule has 0 aliphatic heterocycles. The van der Waals surface area contributed by atoms with E-state index in [9.17, 15) is 4.79 Å². The van der Waals surface area contributed by atoms with E-state index in [1.165, 1.54) is 12.8 Å². The van der Waals surface area contributed by atoms with Crippen LogP contribution in [0.25, 0.3) is 0 Å². The van der Waals surface area contributed by atoms with Gasteiger partial charge >= 0.3 is 5.97 Å². The first-order chi connectivity index (χ1) is 7.41. The van der Waals surface area contributed by atoms with Gasteiger partial charge in [-0.15, -0.1) is 0 Å². The number of esters is 1. The molecule has 1 saturated carbocycles. The van der Waals surface area contributed by atoms with Crippen LogP contribution in [0.15, 0.2) is 0 Å². The molecule has 2 atom stereocenters. The summed E-state index contributed by atoms with van der Waals surface area (Å²) in [5.74, 6) is 0.00859. The highest BCUT2D eigenvalue weighted by atomic mass is 16.5. The van der Waals surface area contributed by atoms with Crippen LogP contribution in [0.5, 0.6) is 0 Å². The Morgan fingerprint density at radius 3 is 2.31 bits per heavy atom. The number of carbonyl (C=O) groups excluding carboxylic acids is 1. The second kappa shape index (κ2) is 4.77. The topological polar surface area (TPSA) is 26.3 Å². The number of carbonyl (C=O) groups is 1. The summed E-state index contributed by atoms with van der Waals surface area (Å²) in [6.07, 6.45) is 4.70. The summed E-state index contributed by atoms with van der Waals surface area (Å²) < 4.78 is 5.20. The van der Waals surface area contributed by atoms with Crippen molar-refractivity contribution in [3.63, 3.8) is 0 Å². The van der Waals surface area contributed by atoms with Crippen LogP contribution in [-0.4, -0.2) is 12.6 Å². The van der Waals surface area contributed by atoms with Crippen molar-refractivity contribution in [2.24, 2.45) is 16.7 Å². The zero-order chi connectivity index (χ0) is 12.4. The van der Waals surface area contributed by atoms with Crippen LogP contribution in [-0.2, 0) is 9.53 Å². The Bertz CT molecular complexity index is 257. The van der Waals surface area contributed by atoms with Crippen LogP contribution in [0.1, 0.15) is 60.3 Å². The summed E-state index contributed by atoms with van der Waals surface area (Å²) in [6, 6.07) is 0. The maximum Gasteiger partial charge on any atom is 0.309 e. The predicted octanol–water partition coefficient (Wildman–Crippen LogP) is 3.79. The summed E-state index contributed by atoms with van der Waals surface area (Å²) in [5.41, 5.74) is 0.396. The second-order valence-corrected chi connectivity index (χ2v) is 5.72. The maximum atomic E-state index is 12.0. The fraction of sp³-hybridized carbons (Fsp3) is 0.929. The van der Waals surface area contributed by atoms with Gasteiger partial charge in [0.2, 0.25) is 0 Å². The minimum Gasteiger partial charge on any atom is -0.466 e. The molecular weight excluding hydrogens is 200 g/mol. The highest BCUT2D eigenvalue weighted by Gasteiger charge is 2.53. The van der Waals surface area contributed by atoms with Crippen LogP contribution in [0.2, 0.25) is 0 Å². The van der Waals surface area contributed by atoms with Gasteiger partial charge in [-0.1, -0.05) is 34.1 Å². The number of hydrogen-bond donors (Lipinski definition) is 0. The van der Waals surface area contributed by atoms with E-state index >= 15 is 0 Å². The molecule has 2 heteroatoms. The molecule has 0 aromatic rings. The van der Waals surface area contributed by atoms with Crippen molar-refractivity contribution < 1.29 is 9.53 Å². The van der Waals surface area contributed by atoms with Crippen molar-refractivity contribution in [1.29, 1.82) is 0 Å². The molecule has 0 N–H and O–H groups in total. The second-order valence-electron chi connectivity index (χ2n) is 5.72. The Labute approximate surface area is 99.8 Å². The third kappa shape index (κ3) is 1.99. The lowest BCUT2D eigenvalue weighted by atomic mass is 9.60. The first-order valence-electron chi connectivity index (χ1n) is 6.58. The first-order valence-corrected chi connectivity index (χ1v) is 6.58. The molecule has 0 aromatic carbocycles. The Morgan fingerprint density at radius 2 is 1.94 bits per heavy atom. The van der Waals surface area contributed by atoms with E-state index in [-0.39, 0.29) is 22.7 Å². The van der Waals surface area contributed by atoms with Gasteiger partial charge in [0, 0.05) is 0 Å². The van der Waals surface area contributed by atoms with E-state index in [1.54, 1.807) is 0 Å². The summed E-state index contributed by atoms with van der Waals surface area (Å²) >= 11 is 0. The third-order valence-corrected chi connectivity index (χ3v) is 4.87. The molecule has 2 nitrogen and oxygen atoms in total. The van der Waals surface area contributed by atoms with Gasteiger partial charge in [0.25, 0.3) is 0 Å². The van der Waals surface area contributed by atoms with Gasteiger partial charge in [-0.05, 0) is 37.0 Å². The molecular formula is C14H26O2.